The van der Waals surface area contributed by atoms with Crippen LogP contribution >= 0.6 is 0 Å². The first-order chi connectivity index (χ1) is 10.8. The molecule has 2 aliphatic rings. The minimum atomic E-state index is -1.57. The fourth-order valence-corrected chi connectivity index (χ4v) is 2.67. The fourth-order valence-electron chi connectivity index (χ4n) is 2.67. The molecule has 0 aliphatic carbocycles. The smallest absolute Gasteiger partial charge is 0.186 e. The normalized spacial score (nSPS) is 51.7. The Morgan fingerprint density at radius 3 is 1.91 bits per heavy atom. The van der Waals surface area contributed by atoms with Gasteiger partial charge in [-0.25, -0.2) is 0 Å². The van der Waals surface area contributed by atoms with E-state index in [2.05, 4.69) is 0 Å². The van der Waals surface area contributed by atoms with Crippen molar-refractivity contribution in [2.75, 3.05) is 13.2 Å². The first-order valence-electron chi connectivity index (χ1n) is 7.39. The maximum absolute atomic E-state index is 9.87. The molecule has 2 aliphatic heterocycles. The Labute approximate surface area is 132 Å². The van der Waals surface area contributed by atoms with E-state index < -0.39 is 67.8 Å². The fraction of sp³-hybridized carbons (Fsp3) is 1.00. The second-order valence-corrected chi connectivity index (χ2v) is 5.88. The van der Waals surface area contributed by atoms with Crippen LogP contribution in [0.5, 0.6) is 0 Å². The van der Waals surface area contributed by atoms with E-state index in [-0.39, 0.29) is 6.61 Å². The Balaban J connectivity index is 1.94. The summed E-state index contributed by atoms with van der Waals surface area (Å²) in [5, 5.41) is 67.4. The molecule has 2 rings (SSSR count). The van der Waals surface area contributed by atoms with Crippen molar-refractivity contribution in [3.05, 3.63) is 0 Å². The van der Waals surface area contributed by atoms with Gasteiger partial charge in [0.25, 0.3) is 0 Å². The van der Waals surface area contributed by atoms with Crippen molar-refractivity contribution in [3.8, 4) is 0 Å². The predicted molar refractivity (Wildman–Crippen MR) is 72.1 cm³/mol. The molecule has 2 heterocycles. The van der Waals surface area contributed by atoms with E-state index in [1.807, 2.05) is 0 Å². The van der Waals surface area contributed by atoms with Gasteiger partial charge in [0.2, 0.25) is 0 Å². The lowest BCUT2D eigenvalue weighted by Crippen LogP contribution is -2.61. The van der Waals surface area contributed by atoms with Crippen LogP contribution in [0.15, 0.2) is 0 Å². The number of rotatable bonds is 4. The lowest BCUT2D eigenvalue weighted by Gasteiger charge is -2.42. The summed E-state index contributed by atoms with van der Waals surface area (Å²) < 4.78 is 15.7. The summed E-state index contributed by atoms with van der Waals surface area (Å²) in [6.45, 7) is 0.619. The van der Waals surface area contributed by atoms with Gasteiger partial charge in [-0.3, -0.25) is 0 Å². The highest BCUT2D eigenvalue weighted by Gasteiger charge is 2.46. The van der Waals surface area contributed by atoms with Crippen molar-refractivity contribution in [1.29, 1.82) is 0 Å². The molecule has 0 aromatic carbocycles. The molecule has 2 fully saturated rings. The van der Waals surface area contributed by atoms with E-state index in [1.165, 1.54) is 6.92 Å². The van der Waals surface area contributed by atoms with Crippen molar-refractivity contribution in [3.63, 3.8) is 0 Å². The first kappa shape index (κ1) is 18.9. The van der Waals surface area contributed by atoms with Crippen molar-refractivity contribution in [2.45, 2.75) is 68.1 Å². The van der Waals surface area contributed by atoms with Crippen LogP contribution in [0.2, 0.25) is 0 Å². The molecule has 10 nitrogen and oxygen atoms in total. The summed E-state index contributed by atoms with van der Waals surface area (Å²) >= 11 is 0. The average Bonchev–Trinajstić information content (AvgIpc) is 2.54. The minimum Gasteiger partial charge on any atom is -0.394 e. The van der Waals surface area contributed by atoms with Gasteiger partial charge in [-0.15, -0.1) is 0 Å². The lowest BCUT2D eigenvalue weighted by molar-refractivity contribution is -0.313. The zero-order valence-electron chi connectivity index (χ0n) is 12.5. The monoisotopic (exact) mass is 340 g/mol. The Hall–Kier alpha value is -0.400. The van der Waals surface area contributed by atoms with Gasteiger partial charge >= 0.3 is 0 Å². The molecule has 7 N–H and O–H groups in total. The summed E-state index contributed by atoms with van der Waals surface area (Å²) in [4.78, 5) is 0. The number of hydrogen-bond acceptors (Lipinski definition) is 10. The van der Waals surface area contributed by atoms with Gasteiger partial charge in [-0.05, 0) is 6.92 Å². The first-order valence-corrected chi connectivity index (χ1v) is 7.39. The molecule has 23 heavy (non-hydrogen) atoms. The third-order valence-corrected chi connectivity index (χ3v) is 4.22. The average molecular weight is 340 g/mol. The van der Waals surface area contributed by atoms with E-state index in [1.54, 1.807) is 0 Å². The SMILES string of the molecule is C[C@H]1OC(CO[C@H]2OC(CO)[C@@H](O)C(O)[C@H]2O)[C@@H](O)[C@H](O)C1O. The second-order valence-electron chi connectivity index (χ2n) is 5.88. The van der Waals surface area contributed by atoms with Crippen molar-refractivity contribution in [1.82, 2.24) is 0 Å². The van der Waals surface area contributed by atoms with Crippen molar-refractivity contribution < 1.29 is 50.0 Å². The van der Waals surface area contributed by atoms with Gasteiger partial charge < -0.3 is 50.0 Å². The largest absolute Gasteiger partial charge is 0.394 e. The standard InChI is InChI=1S/C13H24O10/c1-4-7(15)10(18)9(17)6(22-4)3-21-13-12(20)11(19)8(16)5(2-14)23-13/h4-20H,2-3H2,1H3/t4-,5?,6?,7?,8-,9-,10-,11?,12-,13+/m1/s1. The molecule has 2 saturated heterocycles. The summed E-state index contributed by atoms with van der Waals surface area (Å²) in [6, 6.07) is 0. The number of aliphatic hydroxyl groups excluding tert-OH is 7. The highest BCUT2D eigenvalue weighted by Crippen LogP contribution is 2.25. The maximum Gasteiger partial charge on any atom is 0.186 e. The second kappa shape index (κ2) is 7.66. The molecule has 4 unspecified atom stereocenters. The van der Waals surface area contributed by atoms with Crippen LogP contribution in [0.25, 0.3) is 0 Å². The third-order valence-electron chi connectivity index (χ3n) is 4.22. The van der Waals surface area contributed by atoms with Gasteiger partial charge in [-0.2, -0.15) is 0 Å². The third kappa shape index (κ3) is 3.82. The van der Waals surface area contributed by atoms with Gasteiger partial charge in [0, 0.05) is 0 Å². The maximum atomic E-state index is 9.87. The van der Waals surface area contributed by atoms with Crippen LogP contribution in [0.3, 0.4) is 0 Å². The number of ether oxygens (including phenoxy) is 3. The van der Waals surface area contributed by atoms with E-state index in [9.17, 15) is 30.6 Å². The van der Waals surface area contributed by atoms with Crippen LogP contribution in [0.1, 0.15) is 6.92 Å². The molecule has 10 atom stereocenters. The Morgan fingerprint density at radius 2 is 1.30 bits per heavy atom. The molecule has 0 aromatic rings. The Kier molecular flexibility index (Phi) is 6.30. The molecule has 0 radical (unpaired) electrons. The Morgan fingerprint density at radius 1 is 0.739 bits per heavy atom. The Bertz CT molecular complexity index is 380. The number of hydrogen-bond donors (Lipinski definition) is 7. The summed E-state index contributed by atoms with van der Waals surface area (Å²) in [6.07, 6.45) is -12.9. The van der Waals surface area contributed by atoms with Gasteiger partial charge in [0.05, 0.1) is 19.3 Å². The highest BCUT2D eigenvalue weighted by molar-refractivity contribution is 4.92. The van der Waals surface area contributed by atoms with Crippen LogP contribution in [0.4, 0.5) is 0 Å². The molecule has 10 heteroatoms. The van der Waals surface area contributed by atoms with Crippen LogP contribution in [-0.2, 0) is 14.2 Å². The summed E-state index contributed by atoms with van der Waals surface area (Å²) in [5.74, 6) is 0. The van der Waals surface area contributed by atoms with Crippen LogP contribution in [0, 0.1) is 0 Å². The van der Waals surface area contributed by atoms with Crippen molar-refractivity contribution in [2.24, 2.45) is 0 Å². The van der Waals surface area contributed by atoms with E-state index >= 15 is 0 Å². The predicted octanol–water partition coefficient (Wildman–Crippen LogP) is -4.33. The molecular weight excluding hydrogens is 316 g/mol. The molecule has 0 spiro atoms. The van der Waals surface area contributed by atoms with Crippen molar-refractivity contribution >= 4 is 0 Å². The van der Waals surface area contributed by atoms with Gasteiger partial charge in [0.1, 0.15) is 48.8 Å². The zero-order chi connectivity index (χ0) is 17.3. The summed E-state index contributed by atoms with van der Waals surface area (Å²) in [7, 11) is 0. The zero-order valence-corrected chi connectivity index (χ0v) is 12.5. The minimum absolute atomic E-state index is 0.308. The van der Waals surface area contributed by atoms with Crippen LogP contribution < -0.4 is 0 Å². The van der Waals surface area contributed by atoms with E-state index in [0.29, 0.717) is 0 Å². The van der Waals surface area contributed by atoms with Crippen LogP contribution in [-0.4, -0.2) is 110 Å². The molecule has 136 valence electrons. The quantitative estimate of drug-likeness (QED) is 0.265. The molecule has 0 aromatic heterocycles. The van der Waals surface area contributed by atoms with E-state index in [0.717, 1.165) is 0 Å². The van der Waals surface area contributed by atoms with E-state index in [4.69, 9.17) is 19.3 Å². The number of aliphatic hydroxyl groups is 7. The lowest BCUT2D eigenvalue weighted by atomic mass is 9.96. The summed E-state index contributed by atoms with van der Waals surface area (Å²) in [5.41, 5.74) is 0. The molecule has 0 amide bonds. The molecular formula is C13H24O10. The molecule has 0 bridgehead atoms. The van der Waals surface area contributed by atoms with Gasteiger partial charge in [0.15, 0.2) is 6.29 Å². The topological polar surface area (TPSA) is 169 Å². The highest BCUT2D eigenvalue weighted by atomic mass is 16.7. The molecule has 0 saturated carbocycles. The van der Waals surface area contributed by atoms with Gasteiger partial charge in [-0.1, -0.05) is 0 Å².